The maximum absolute atomic E-state index is 15.2. The number of nitrogens with zero attached hydrogens (tertiary/aromatic N) is 7. The number of hydrogen-bond donors (Lipinski definition) is 21. The highest BCUT2D eigenvalue weighted by molar-refractivity contribution is 6.00. The van der Waals surface area contributed by atoms with E-state index in [9.17, 15) is 92.7 Å². The van der Waals surface area contributed by atoms with Crippen LogP contribution in [0.3, 0.4) is 0 Å². The van der Waals surface area contributed by atoms with E-state index in [1.54, 1.807) is 59.0 Å². The third kappa shape index (κ3) is 36.6. The zero-order valence-electron chi connectivity index (χ0n) is 71.9. The Hall–Kier alpha value is -12.4. The number of H-pyrrole nitrogens is 2. The number of aromatic nitrogens is 3. The van der Waals surface area contributed by atoms with Crippen LogP contribution in [-0.4, -0.2) is 338 Å². The molecule has 44 heteroatoms. The number of unbranched alkanes of at least 4 members (excludes halogenated alkanes) is 5. The molecule has 7 rings (SSSR count). The number of nitrogens with two attached hydrogens (primary N) is 3. The number of phenols is 1. The summed E-state index contributed by atoms with van der Waals surface area (Å²) in [4.78, 5) is 239. The number of aliphatic hydroxyl groups is 1. The van der Waals surface area contributed by atoms with E-state index in [4.69, 9.17) is 17.2 Å². The van der Waals surface area contributed by atoms with E-state index in [2.05, 4.69) is 78.4 Å². The third-order valence-corrected chi connectivity index (χ3v) is 21.8. The van der Waals surface area contributed by atoms with E-state index in [-0.39, 0.29) is 217 Å². The highest BCUT2D eigenvalue weighted by Gasteiger charge is 2.41. The van der Waals surface area contributed by atoms with Crippen molar-refractivity contribution in [3.63, 3.8) is 0 Å². The lowest BCUT2D eigenvalue weighted by molar-refractivity contribution is -0.142. The Morgan fingerprint density at radius 2 is 1.06 bits per heavy atom. The molecule has 3 saturated heterocycles. The van der Waals surface area contributed by atoms with E-state index in [0.717, 1.165) is 6.42 Å². The van der Waals surface area contributed by atoms with E-state index in [0.29, 0.717) is 66.4 Å². The summed E-state index contributed by atoms with van der Waals surface area (Å²) < 4.78 is 0. The van der Waals surface area contributed by atoms with Crippen molar-refractivity contribution in [1.29, 1.82) is 0 Å². The number of hydrogen-bond acceptors (Lipinski definition) is 24. The van der Waals surface area contributed by atoms with Gasteiger partial charge in [0.2, 0.25) is 76.8 Å². The van der Waals surface area contributed by atoms with Gasteiger partial charge in [-0.15, -0.1) is 0 Å². The molecule has 698 valence electrons. The largest absolute Gasteiger partial charge is 0.508 e. The highest BCUT2D eigenvalue weighted by atomic mass is 16.4. The minimum absolute atomic E-state index is 0.0314. The van der Waals surface area contributed by atoms with Crippen molar-refractivity contribution in [3.8, 4) is 5.75 Å². The summed E-state index contributed by atoms with van der Waals surface area (Å²) in [5, 5.41) is 80.3. The topological polar surface area (TPSA) is 658 Å². The normalized spacial score (nSPS) is 17.1. The molecule has 0 saturated carbocycles. The summed E-state index contributed by atoms with van der Waals surface area (Å²) in [7, 11) is 0. The Morgan fingerprint density at radius 1 is 0.535 bits per heavy atom. The van der Waals surface area contributed by atoms with Gasteiger partial charge in [-0.3, -0.25) is 101 Å². The molecule has 3 aliphatic heterocycles. The van der Waals surface area contributed by atoms with Crippen LogP contribution in [0, 0.1) is 5.92 Å². The predicted octanol–water partition coefficient (Wildman–Crippen LogP) is -4.80. The molecule has 0 spiro atoms. The molecular formula is C83H125N23O21. The number of likely N-dealkylation sites (tertiary alicyclic amines) is 1. The van der Waals surface area contributed by atoms with Crippen molar-refractivity contribution in [2.24, 2.45) is 28.1 Å². The van der Waals surface area contributed by atoms with Gasteiger partial charge < -0.3 is 116 Å². The number of imidazole rings is 1. The minimum atomic E-state index is -1.86. The van der Waals surface area contributed by atoms with Crippen molar-refractivity contribution in [1.82, 2.24) is 97.9 Å². The van der Waals surface area contributed by atoms with Gasteiger partial charge in [0.05, 0.1) is 45.7 Å². The second kappa shape index (κ2) is 53.1. The molecule has 0 unspecified atom stereocenters. The fraction of sp³-hybridized carbons (Fsp3) is 0.590. The van der Waals surface area contributed by atoms with Gasteiger partial charge in [0.15, 0.2) is 5.96 Å². The van der Waals surface area contributed by atoms with Crippen LogP contribution in [0.5, 0.6) is 5.75 Å². The number of rotatable bonds is 52. The Morgan fingerprint density at radius 3 is 1.63 bits per heavy atom. The average Bonchev–Trinajstić information content (AvgIpc) is 1.69. The number of guanidine groups is 1. The molecule has 0 bridgehead atoms. The Labute approximate surface area is 734 Å². The summed E-state index contributed by atoms with van der Waals surface area (Å²) in [5.41, 5.74) is 18.5. The van der Waals surface area contributed by atoms with Gasteiger partial charge in [0.1, 0.15) is 60.1 Å². The van der Waals surface area contributed by atoms with Crippen LogP contribution >= 0.6 is 0 Å². The van der Waals surface area contributed by atoms with E-state index in [1.807, 2.05) is 4.90 Å². The minimum Gasteiger partial charge on any atom is -0.508 e. The molecule has 127 heavy (non-hydrogen) atoms. The molecule has 4 aromatic rings. The van der Waals surface area contributed by atoms with Crippen molar-refractivity contribution >= 4 is 112 Å². The monoisotopic (exact) mass is 1780 g/mol. The molecule has 13 amide bonds. The Bertz CT molecular complexity index is 4340. The maximum atomic E-state index is 15.2. The number of carboxylic acids is 3. The van der Waals surface area contributed by atoms with Crippen molar-refractivity contribution in [2.75, 3.05) is 118 Å². The van der Waals surface area contributed by atoms with Gasteiger partial charge in [-0.05, 0) is 106 Å². The Balaban J connectivity index is 1.04. The summed E-state index contributed by atoms with van der Waals surface area (Å²) >= 11 is 0. The molecule has 0 radical (unpaired) electrons. The number of nitrogens with one attached hydrogen (secondary N) is 13. The van der Waals surface area contributed by atoms with Gasteiger partial charge in [0.25, 0.3) is 0 Å². The number of aliphatic carboxylic acids is 3. The zero-order valence-corrected chi connectivity index (χ0v) is 71.9. The number of aromatic hydroxyl groups is 1. The third-order valence-electron chi connectivity index (χ3n) is 21.8. The SMILES string of the molecule is CC(C)C[C@H](NC(=O)[C@@H](CCCCNC(=O)CCCCCCCNC(=O)CN1CCN(CC(=O)O)CCN(CC(=O)O)CCN(CC(=O)O)CC1)NC(=O)[C@H](Cc1ccc(O)cc1)NC(=O)[C@H](CO)NC(=O)[C@H](Cc1c[nH]c2ccccc12)NC(=O)[C@H](Cc1cnc[nH]1)NC(=O)[C@@H]1CCC(=O)N1)C(=O)N[C@@H](CCCN=C(N)N)C(=O)N1CCC[C@H]1C(=O)NCC(N)=O. The van der Waals surface area contributed by atoms with Gasteiger partial charge >= 0.3 is 17.9 Å². The predicted molar refractivity (Wildman–Crippen MR) is 460 cm³/mol. The number of fused-ring (bicyclic) bond motifs is 1. The van der Waals surface area contributed by atoms with Crippen molar-refractivity contribution in [3.05, 3.63) is 84.1 Å². The summed E-state index contributed by atoms with van der Waals surface area (Å²) in [6.45, 7) is 3.57. The summed E-state index contributed by atoms with van der Waals surface area (Å²) in [5.74, 6) is -13.4. The number of aliphatic imine (C=N–C) groups is 1. The van der Waals surface area contributed by atoms with Crippen LogP contribution in [0.1, 0.15) is 133 Å². The quantitative estimate of drug-likeness (QED) is 0.0112. The molecule has 5 heterocycles. The molecule has 2 aromatic carbocycles. The number of benzene rings is 2. The number of aliphatic hydroxyl groups excluding tert-OH is 1. The fourth-order valence-corrected chi connectivity index (χ4v) is 15.1. The van der Waals surface area contributed by atoms with Crippen LogP contribution < -0.4 is 75.7 Å². The number of phenolic OH excluding ortho intramolecular Hbond substituents is 1. The second-order valence-electron chi connectivity index (χ2n) is 32.4. The van der Waals surface area contributed by atoms with Crippen molar-refractivity contribution in [2.45, 2.75) is 190 Å². The van der Waals surface area contributed by atoms with Crippen molar-refractivity contribution < 1.29 is 102 Å². The first kappa shape index (κ1) is 102. The number of para-hydroxylation sites is 1. The molecule has 3 aliphatic rings. The number of carbonyl (C=O) groups is 16. The first-order chi connectivity index (χ1) is 60.7. The van der Waals surface area contributed by atoms with E-state index >= 15 is 9.59 Å². The number of carbonyl (C=O) groups excluding carboxylic acids is 13. The summed E-state index contributed by atoms with van der Waals surface area (Å²) in [6, 6.07) is -0.0483. The van der Waals surface area contributed by atoms with Crippen LogP contribution in [0.15, 0.2) is 72.2 Å². The molecule has 9 atom stereocenters. The average molecular weight is 1780 g/mol. The lowest BCUT2D eigenvalue weighted by Crippen LogP contribution is -2.61. The smallest absolute Gasteiger partial charge is 0.317 e. The first-order valence-corrected chi connectivity index (χ1v) is 43.0. The maximum Gasteiger partial charge on any atom is 0.317 e. The second-order valence-corrected chi connectivity index (χ2v) is 32.4. The molecular weight excluding hydrogens is 1660 g/mol. The molecule has 44 nitrogen and oxygen atoms in total. The van der Waals surface area contributed by atoms with Gasteiger partial charge in [-0.1, -0.05) is 63.4 Å². The van der Waals surface area contributed by atoms with Gasteiger partial charge in [0, 0.05) is 140 Å². The van der Waals surface area contributed by atoms with Gasteiger partial charge in [-0.25, -0.2) is 4.98 Å². The first-order valence-electron chi connectivity index (χ1n) is 43.0. The molecule has 0 aliphatic carbocycles. The van der Waals surface area contributed by atoms with Crippen LogP contribution in [0.4, 0.5) is 0 Å². The number of primary amides is 1. The zero-order chi connectivity index (χ0) is 92.5. The highest BCUT2D eigenvalue weighted by Crippen LogP contribution is 2.23. The lowest BCUT2D eigenvalue weighted by atomic mass is 10.00. The summed E-state index contributed by atoms with van der Waals surface area (Å²) in [6.07, 6.45) is 8.18. The van der Waals surface area contributed by atoms with E-state index < -0.39 is 145 Å². The van der Waals surface area contributed by atoms with Crippen LogP contribution in [0.2, 0.25) is 0 Å². The van der Waals surface area contributed by atoms with Crippen LogP contribution in [-0.2, 0) is 96.0 Å². The van der Waals surface area contributed by atoms with Crippen LogP contribution in [0.25, 0.3) is 10.9 Å². The molecule has 3 fully saturated rings. The lowest BCUT2D eigenvalue weighted by Gasteiger charge is -2.32. The number of amides is 13. The fourth-order valence-electron chi connectivity index (χ4n) is 15.1. The van der Waals surface area contributed by atoms with E-state index in [1.165, 1.54) is 41.7 Å². The molecule has 2 aromatic heterocycles. The standard InChI is InChI=1S/C83H125N23O21/c1-51(2)38-61(76(121)96-60(17-12-28-90-83(85)86)82(127)106-29-13-18-66(106)81(126)92-44-67(84)109)97-74(119)58(16-9-11-27-88-68(110)19-6-4-3-5-10-26-89-70(112)45-102-30-32-103(46-71(113)114)34-36-105(48-73(117)118)37-35-104(33-31-102)47-72(115)116)95-77(122)62(39-52-20-22-55(108)23-21-52)98-80(125)65(49-107)101-78(123)63(40-53-42-91-57-15-8-7-14-56(53)57)99-79(124)64(41-54-43-87-50-93-54)100-75(120)59-24-25-69(111)94-59/h7-8,14-15,20-23,42-43,50-51,58-66,91,107-108H,3-6,9-13,16-19,24-41,44-49H2,1-2H3,(H2,84,109)(H,87,93)(H,88,110)(H,89,112)(H,92,126)(H,94,111)(H,95,122)(H,96,121)(H,97,119)(H,98,125)(H,99,124)(H,100,120)(H,101,123)(H,113,114)(H,115,116)(H,117,118)(H4,85,86,90)/t58-,59+,60+,61+,62+,63+,64+,65+,66+/m1/s1. The van der Waals surface area contributed by atoms with Gasteiger partial charge in [-0.2, -0.15) is 0 Å². The molecule has 24 N–H and O–H groups in total. The number of aromatic amines is 2. The number of carboxylic acid groups (broad SMARTS) is 3. The Kier molecular flexibility index (Phi) is 42.5.